The summed E-state index contributed by atoms with van der Waals surface area (Å²) in [5, 5.41) is 2.92. The van der Waals surface area contributed by atoms with Crippen molar-refractivity contribution in [1.82, 2.24) is 10.2 Å². The fourth-order valence-electron chi connectivity index (χ4n) is 3.83. The number of nitrogens with zero attached hydrogens (tertiary/aromatic N) is 2. The molecule has 0 spiro atoms. The van der Waals surface area contributed by atoms with E-state index in [9.17, 15) is 18.0 Å². The van der Waals surface area contributed by atoms with Gasteiger partial charge in [0.2, 0.25) is 21.8 Å². The molecule has 0 bridgehead atoms. The van der Waals surface area contributed by atoms with Crippen LogP contribution in [0.2, 0.25) is 0 Å². The van der Waals surface area contributed by atoms with Gasteiger partial charge >= 0.3 is 0 Å². The fraction of sp³-hybridized carbons (Fsp3) is 0.500. The maximum atomic E-state index is 13.3. The highest BCUT2D eigenvalue weighted by atomic mass is 32.2. The lowest BCUT2D eigenvalue weighted by Gasteiger charge is -2.29. The molecule has 2 aromatic rings. The Morgan fingerprint density at radius 3 is 2.06 bits per heavy atom. The molecule has 1 N–H and O–H groups in total. The maximum absolute atomic E-state index is 13.3. The van der Waals surface area contributed by atoms with E-state index in [4.69, 9.17) is 0 Å². The van der Waals surface area contributed by atoms with Gasteiger partial charge in [-0.25, -0.2) is 8.42 Å². The van der Waals surface area contributed by atoms with Gasteiger partial charge in [-0.3, -0.25) is 13.9 Å². The molecule has 0 saturated carbocycles. The molecule has 0 saturated heterocycles. The third kappa shape index (κ3) is 8.97. The average molecular weight is 516 g/mol. The highest BCUT2D eigenvalue weighted by Crippen LogP contribution is 2.20. The van der Waals surface area contributed by atoms with Crippen LogP contribution in [0, 0.1) is 12.8 Å². The summed E-state index contributed by atoms with van der Waals surface area (Å²) in [5.41, 5.74) is 3.76. The minimum absolute atomic E-state index is 0.132. The summed E-state index contributed by atoms with van der Waals surface area (Å²) in [7, 11) is -3.51. The lowest BCUT2D eigenvalue weighted by atomic mass is 10.1. The van der Waals surface area contributed by atoms with E-state index >= 15 is 0 Å². The first kappa shape index (κ1) is 29.4. The van der Waals surface area contributed by atoms with Crippen molar-refractivity contribution in [3.8, 4) is 0 Å². The van der Waals surface area contributed by atoms with E-state index in [1.54, 1.807) is 24.0 Å². The van der Waals surface area contributed by atoms with Crippen LogP contribution in [0.5, 0.6) is 0 Å². The molecule has 2 aromatic carbocycles. The third-order valence-corrected chi connectivity index (χ3v) is 7.30. The molecule has 0 fully saturated rings. The Balaban J connectivity index is 2.14. The summed E-state index contributed by atoms with van der Waals surface area (Å²) in [6, 6.07) is 14.7. The first-order valence-electron chi connectivity index (χ1n) is 12.6. The smallest absolute Gasteiger partial charge is 0.242 e. The molecule has 0 radical (unpaired) electrons. The van der Waals surface area contributed by atoms with Crippen LogP contribution in [0.4, 0.5) is 5.69 Å². The van der Waals surface area contributed by atoms with E-state index < -0.39 is 16.1 Å². The number of nitrogens with one attached hydrogen (secondary N) is 1. The summed E-state index contributed by atoms with van der Waals surface area (Å²) >= 11 is 0. The van der Waals surface area contributed by atoms with E-state index in [2.05, 4.69) is 5.32 Å². The van der Waals surface area contributed by atoms with Crippen LogP contribution in [0.25, 0.3) is 0 Å². The Bertz CT molecular complexity index is 1100. The fourth-order valence-corrected chi connectivity index (χ4v) is 4.79. The van der Waals surface area contributed by atoms with E-state index in [0.717, 1.165) is 23.1 Å². The van der Waals surface area contributed by atoms with Gasteiger partial charge in [0.1, 0.15) is 6.04 Å². The van der Waals surface area contributed by atoms with Crippen LogP contribution < -0.4 is 9.62 Å². The molecule has 0 aliphatic heterocycles. The molecule has 2 amide bonds. The molecule has 1 atom stereocenters. The van der Waals surface area contributed by atoms with Crippen molar-refractivity contribution in [2.45, 2.75) is 66.5 Å². The van der Waals surface area contributed by atoms with Crippen LogP contribution in [0.15, 0.2) is 48.5 Å². The van der Waals surface area contributed by atoms with Crippen molar-refractivity contribution in [3.05, 3.63) is 65.2 Å². The molecule has 0 aliphatic rings. The number of carbonyl (C=O) groups is 2. The predicted molar refractivity (Wildman–Crippen MR) is 146 cm³/mol. The second kappa shape index (κ2) is 13.4. The lowest BCUT2D eigenvalue weighted by Crippen LogP contribution is -2.48. The molecule has 8 heteroatoms. The summed E-state index contributed by atoms with van der Waals surface area (Å²) in [5.74, 6) is -0.0775. The summed E-state index contributed by atoms with van der Waals surface area (Å²) in [6.45, 7) is 10.8. The van der Waals surface area contributed by atoms with Gasteiger partial charge in [0.25, 0.3) is 0 Å². The zero-order valence-corrected chi connectivity index (χ0v) is 23.3. The van der Waals surface area contributed by atoms with Crippen molar-refractivity contribution in [2.24, 2.45) is 5.92 Å². The van der Waals surface area contributed by atoms with E-state index in [0.29, 0.717) is 31.1 Å². The second-order valence-electron chi connectivity index (χ2n) is 9.78. The average Bonchev–Trinajstić information content (AvgIpc) is 2.83. The van der Waals surface area contributed by atoms with Crippen molar-refractivity contribution < 1.29 is 18.0 Å². The van der Waals surface area contributed by atoms with E-state index in [1.807, 2.05) is 64.1 Å². The van der Waals surface area contributed by atoms with Crippen molar-refractivity contribution in [3.63, 3.8) is 0 Å². The van der Waals surface area contributed by atoms with E-state index in [1.165, 1.54) is 10.6 Å². The van der Waals surface area contributed by atoms with Crippen LogP contribution >= 0.6 is 0 Å². The van der Waals surface area contributed by atoms with E-state index in [-0.39, 0.29) is 24.8 Å². The van der Waals surface area contributed by atoms with Gasteiger partial charge in [0.15, 0.2) is 0 Å². The number of anilines is 1. The third-order valence-electron chi connectivity index (χ3n) is 6.11. The monoisotopic (exact) mass is 515 g/mol. The molecule has 0 aromatic heterocycles. The van der Waals surface area contributed by atoms with Gasteiger partial charge in [-0.2, -0.15) is 0 Å². The lowest BCUT2D eigenvalue weighted by molar-refractivity contribution is -0.140. The number of carbonyl (C=O) groups excluding carboxylic acids is 2. The molecule has 2 rings (SSSR count). The predicted octanol–water partition coefficient (Wildman–Crippen LogP) is 4.29. The number of amides is 2. The van der Waals surface area contributed by atoms with Gasteiger partial charge in [-0.1, -0.05) is 62.7 Å². The van der Waals surface area contributed by atoms with Crippen LogP contribution in [-0.4, -0.2) is 50.5 Å². The summed E-state index contributed by atoms with van der Waals surface area (Å²) in [4.78, 5) is 27.7. The van der Waals surface area contributed by atoms with Crippen LogP contribution in [-0.2, 0) is 32.6 Å². The number of hydrogen-bond acceptors (Lipinski definition) is 4. The minimum atomic E-state index is -3.51. The molecular weight excluding hydrogens is 474 g/mol. The minimum Gasteiger partial charge on any atom is -0.354 e. The Hall–Kier alpha value is -2.87. The van der Waals surface area contributed by atoms with Crippen LogP contribution in [0.1, 0.15) is 57.2 Å². The zero-order valence-electron chi connectivity index (χ0n) is 22.5. The SMILES string of the molecule is CCc1ccc(N(CCCC(=O)N(Cc2ccc(C)cc2)[C@@H](C)C(=O)NCC(C)C)S(C)(=O)=O)cc1. The van der Waals surface area contributed by atoms with Crippen molar-refractivity contribution >= 4 is 27.5 Å². The van der Waals surface area contributed by atoms with Crippen molar-refractivity contribution in [2.75, 3.05) is 23.7 Å². The molecule has 0 heterocycles. The largest absolute Gasteiger partial charge is 0.354 e. The van der Waals surface area contributed by atoms with Crippen molar-refractivity contribution in [1.29, 1.82) is 0 Å². The quantitative estimate of drug-likeness (QED) is 0.431. The van der Waals surface area contributed by atoms with Gasteiger partial charge in [0.05, 0.1) is 11.9 Å². The standard InChI is InChI=1S/C28H41N3O4S/c1-7-24-14-16-26(17-15-24)31(36(6,34)35)18-8-9-27(32)30(20-25-12-10-22(4)11-13-25)23(5)28(33)29-19-21(2)3/h10-17,21,23H,7-9,18-20H2,1-6H3,(H,29,33)/t23-/m0/s1. The number of benzene rings is 2. The normalized spacial score (nSPS) is 12.3. The van der Waals surface area contributed by atoms with Crippen LogP contribution in [0.3, 0.4) is 0 Å². The first-order valence-corrected chi connectivity index (χ1v) is 14.5. The number of sulfonamides is 1. The van der Waals surface area contributed by atoms with Gasteiger partial charge < -0.3 is 10.2 Å². The molecule has 0 unspecified atom stereocenters. The maximum Gasteiger partial charge on any atom is 0.242 e. The van der Waals surface area contributed by atoms with Gasteiger partial charge in [-0.05, 0) is 55.9 Å². The number of hydrogen-bond donors (Lipinski definition) is 1. The molecule has 198 valence electrons. The zero-order chi connectivity index (χ0) is 26.9. The summed E-state index contributed by atoms with van der Waals surface area (Å²) < 4.78 is 26.3. The number of aryl methyl sites for hydroxylation is 2. The van der Waals surface area contributed by atoms with Gasteiger partial charge in [0, 0.05) is 26.1 Å². The Morgan fingerprint density at radius 2 is 1.53 bits per heavy atom. The topological polar surface area (TPSA) is 86.8 Å². The Kier molecular flexibility index (Phi) is 11.0. The molecule has 7 nitrogen and oxygen atoms in total. The molecule has 0 aliphatic carbocycles. The summed E-state index contributed by atoms with van der Waals surface area (Å²) in [6.07, 6.45) is 2.51. The second-order valence-corrected chi connectivity index (χ2v) is 11.7. The van der Waals surface area contributed by atoms with Gasteiger partial charge in [-0.15, -0.1) is 0 Å². The molecule has 36 heavy (non-hydrogen) atoms. The number of rotatable bonds is 13. The Morgan fingerprint density at radius 1 is 0.944 bits per heavy atom. The first-order chi connectivity index (χ1) is 16.9. The Labute approximate surface area is 216 Å². The molecular formula is C28H41N3O4S. The highest BCUT2D eigenvalue weighted by molar-refractivity contribution is 7.92. The highest BCUT2D eigenvalue weighted by Gasteiger charge is 2.26.